The fraction of sp³-hybridized carbons (Fsp3) is 0. The minimum absolute atomic E-state index is 0.154. The lowest BCUT2D eigenvalue weighted by molar-refractivity contribution is 0.102. The Bertz CT molecular complexity index is 1660. The highest BCUT2D eigenvalue weighted by Gasteiger charge is 2.22. The second kappa shape index (κ2) is 9.79. The molecule has 0 aliphatic rings. The zero-order valence-corrected chi connectivity index (χ0v) is 19.8. The molecule has 0 atom stereocenters. The van der Waals surface area contributed by atoms with Crippen molar-refractivity contribution >= 4 is 34.2 Å². The molecule has 2 aromatic heterocycles. The number of amides is 1. The number of carbonyl (C=O) groups excluding carboxylic acids is 1. The van der Waals surface area contributed by atoms with Crippen molar-refractivity contribution in [1.82, 2.24) is 9.97 Å². The molecule has 6 aromatic rings. The van der Waals surface area contributed by atoms with Crippen molar-refractivity contribution in [3.63, 3.8) is 0 Å². The fourth-order valence-electron chi connectivity index (χ4n) is 4.27. The Morgan fingerprint density at radius 3 is 1.92 bits per heavy atom. The van der Waals surface area contributed by atoms with Gasteiger partial charge >= 0.3 is 0 Å². The molecule has 0 saturated heterocycles. The van der Waals surface area contributed by atoms with Gasteiger partial charge in [-0.1, -0.05) is 78.9 Å². The van der Waals surface area contributed by atoms with E-state index < -0.39 is 0 Å². The Kier molecular flexibility index (Phi) is 5.89. The average molecular weight is 483 g/mol. The number of anilines is 3. The van der Waals surface area contributed by atoms with Crippen molar-refractivity contribution in [3.8, 4) is 22.5 Å². The molecule has 0 radical (unpaired) electrons. The number of hydrogen-bond acceptors (Lipinski definition) is 5. The quantitative estimate of drug-likeness (QED) is 0.256. The Labute approximate surface area is 213 Å². The predicted octanol–water partition coefficient (Wildman–Crippen LogP) is 7.55. The summed E-state index contributed by atoms with van der Waals surface area (Å²) in [4.78, 5) is 21.5. The van der Waals surface area contributed by atoms with Gasteiger partial charge in [-0.25, -0.2) is 9.97 Å². The van der Waals surface area contributed by atoms with Gasteiger partial charge < -0.3 is 15.1 Å². The number of hydrogen-bond donors (Lipinski definition) is 2. The second-order valence-electron chi connectivity index (χ2n) is 8.46. The van der Waals surface area contributed by atoms with Crippen LogP contribution in [0.3, 0.4) is 0 Å². The maximum atomic E-state index is 12.5. The van der Waals surface area contributed by atoms with Crippen LogP contribution in [0.1, 0.15) is 10.4 Å². The minimum atomic E-state index is -0.154. The van der Waals surface area contributed by atoms with Gasteiger partial charge in [0, 0.05) is 28.1 Å². The summed E-state index contributed by atoms with van der Waals surface area (Å²) in [7, 11) is 0. The third-order valence-electron chi connectivity index (χ3n) is 6.03. The van der Waals surface area contributed by atoms with E-state index in [4.69, 9.17) is 4.42 Å². The van der Waals surface area contributed by atoms with Crippen LogP contribution in [-0.4, -0.2) is 15.9 Å². The Balaban J connectivity index is 1.36. The summed E-state index contributed by atoms with van der Waals surface area (Å²) in [5.74, 6) is 1.22. The Morgan fingerprint density at radius 1 is 0.649 bits per heavy atom. The first-order valence-electron chi connectivity index (χ1n) is 11.9. The van der Waals surface area contributed by atoms with E-state index in [1.165, 1.54) is 6.33 Å². The summed E-state index contributed by atoms with van der Waals surface area (Å²) in [5.41, 5.74) is 5.53. The van der Waals surface area contributed by atoms with Crippen molar-refractivity contribution in [2.75, 3.05) is 10.6 Å². The molecule has 178 valence electrons. The summed E-state index contributed by atoms with van der Waals surface area (Å²) in [5, 5.41) is 7.13. The third-order valence-corrected chi connectivity index (χ3v) is 6.03. The number of fused-ring (bicyclic) bond motifs is 1. The molecule has 6 nitrogen and oxygen atoms in total. The number of rotatable bonds is 6. The highest BCUT2D eigenvalue weighted by atomic mass is 16.3. The first-order chi connectivity index (χ1) is 18.3. The highest BCUT2D eigenvalue weighted by molar-refractivity contribution is 6.07. The van der Waals surface area contributed by atoms with E-state index in [-0.39, 0.29) is 5.91 Å². The number of benzene rings is 4. The highest BCUT2D eigenvalue weighted by Crippen LogP contribution is 2.42. The Hall–Kier alpha value is -5.23. The first-order valence-corrected chi connectivity index (χ1v) is 11.9. The maximum Gasteiger partial charge on any atom is 0.255 e. The lowest BCUT2D eigenvalue weighted by Gasteiger charge is -2.10. The summed E-state index contributed by atoms with van der Waals surface area (Å²) >= 11 is 0. The van der Waals surface area contributed by atoms with Gasteiger partial charge in [-0.15, -0.1) is 0 Å². The van der Waals surface area contributed by atoms with E-state index >= 15 is 0 Å². The normalized spacial score (nSPS) is 10.8. The van der Waals surface area contributed by atoms with Crippen molar-refractivity contribution < 1.29 is 9.21 Å². The van der Waals surface area contributed by atoms with Crippen LogP contribution < -0.4 is 10.6 Å². The topological polar surface area (TPSA) is 80.0 Å². The number of nitrogens with one attached hydrogen (secondary N) is 2. The fourth-order valence-corrected chi connectivity index (χ4v) is 4.27. The summed E-state index contributed by atoms with van der Waals surface area (Å²) < 4.78 is 6.28. The molecule has 6 heteroatoms. The molecule has 0 aliphatic carbocycles. The van der Waals surface area contributed by atoms with E-state index in [0.29, 0.717) is 22.8 Å². The minimum Gasteiger partial charge on any atom is -0.437 e. The standard InChI is InChI=1S/C31H22N4O2/c36-30(23-14-8-3-9-15-23)35-25-18-16-24(17-19-25)34-29-27-26(21-10-4-1-5-11-21)28(22-12-6-2-7-13-22)37-31(27)33-20-32-29/h1-20H,(H,35,36)(H,32,33,34). The van der Waals surface area contributed by atoms with Crippen LogP contribution in [-0.2, 0) is 0 Å². The average Bonchev–Trinajstić information content (AvgIpc) is 3.36. The molecule has 2 heterocycles. The monoisotopic (exact) mass is 482 g/mol. The van der Waals surface area contributed by atoms with Crippen molar-refractivity contribution in [2.24, 2.45) is 0 Å². The van der Waals surface area contributed by atoms with Gasteiger partial charge in [0.05, 0.1) is 5.39 Å². The van der Waals surface area contributed by atoms with Gasteiger partial charge in [0.2, 0.25) is 5.71 Å². The van der Waals surface area contributed by atoms with Crippen LogP contribution in [0.25, 0.3) is 33.6 Å². The van der Waals surface area contributed by atoms with Crippen LogP contribution in [0.5, 0.6) is 0 Å². The van der Waals surface area contributed by atoms with Gasteiger partial charge in [-0.3, -0.25) is 4.79 Å². The van der Waals surface area contributed by atoms with Gasteiger partial charge in [0.25, 0.3) is 5.91 Å². The molecule has 1 amide bonds. The van der Waals surface area contributed by atoms with E-state index in [0.717, 1.165) is 33.5 Å². The van der Waals surface area contributed by atoms with Crippen LogP contribution in [0, 0.1) is 0 Å². The largest absolute Gasteiger partial charge is 0.437 e. The molecule has 0 unspecified atom stereocenters. The molecule has 37 heavy (non-hydrogen) atoms. The maximum absolute atomic E-state index is 12.5. The van der Waals surface area contributed by atoms with Gasteiger partial charge in [-0.2, -0.15) is 0 Å². The van der Waals surface area contributed by atoms with Crippen LogP contribution in [0.15, 0.2) is 126 Å². The van der Waals surface area contributed by atoms with Crippen molar-refractivity contribution in [3.05, 3.63) is 127 Å². The number of furan rings is 1. The smallest absolute Gasteiger partial charge is 0.255 e. The molecule has 6 rings (SSSR count). The summed E-state index contributed by atoms with van der Waals surface area (Å²) in [6.07, 6.45) is 1.49. The molecular formula is C31H22N4O2. The van der Waals surface area contributed by atoms with Gasteiger partial charge in [0.1, 0.15) is 17.9 Å². The number of carbonyl (C=O) groups is 1. The van der Waals surface area contributed by atoms with E-state index in [1.54, 1.807) is 12.1 Å². The van der Waals surface area contributed by atoms with E-state index in [2.05, 4.69) is 32.7 Å². The predicted molar refractivity (Wildman–Crippen MR) is 147 cm³/mol. The zero-order valence-electron chi connectivity index (χ0n) is 19.8. The first kappa shape index (κ1) is 22.2. The molecule has 4 aromatic carbocycles. The Morgan fingerprint density at radius 2 is 1.24 bits per heavy atom. The summed E-state index contributed by atoms with van der Waals surface area (Å²) in [6.45, 7) is 0. The molecule has 2 N–H and O–H groups in total. The SMILES string of the molecule is O=C(Nc1ccc(Nc2ncnc3oc(-c4ccccc4)c(-c4ccccc4)c23)cc1)c1ccccc1. The summed E-state index contributed by atoms with van der Waals surface area (Å²) in [6, 6.07) is 36.7. The van der Waals surface area contributed by atoms with E-state index in [1.807, 2.05) is 91.0 Å². The number of nitrogens with zero attached hydrogens (tertiary/aromatic N) is 2. The van der Waals surface area contributed by atoms with Crippen LogP contribution in [0.2, 0.25) is 0 Å². The lowest BCUT2D eigenvalue weighted by atomic mass is 9.99. The molecule has 0 spiro atoms. The van der Waals surface area contributed by atoms with Crippen molar-refractivity contribution in [2.45, 2.75) is 0 Å². The molecule has 0 aliphatic heterocycles. The van der Waals surface area contributed by atoms with Crippen LogP contribution in [0.4, 0.5) is 17.2 Å². The molecule has 0 fully saturated rings. The van der Waals surface area contributed by atoms with E-state index in [9.17, 15) is 4.79 Å². The molecule has 0 saturated carbocycles. The molecule has 0 bridgehead atoms. The zero-order chi connectivity index (χ0) is 25.0. The van der Waals surface area contributed by atoms with Crippen molar-refractivity contribution in [1.29, 1.82) is 0 Å². The second-order valence-corrected chi connectivity index (χ2v) is 8.46. The van der Waals surface area contributed by atoms with Crippen LogP contribution >= 0.6 is 0 Å². The van der Waals surface area contributed by atoms with Gasteiger partial charge in [-0.05, 0) is 42.0 Å². The number of aromatic nitrogens is 2. The lowest BCUT2D eigenvalue weighted by Crippen LogP contribution is -2.11. The molecular weight excluding hydrogens is 460 g/mol. The van der Waals surface area contributed by atoms with Gasteiger partial charge in [0.15, 0.2) is 0 Å². The third kappa shape index (κ3) is 4.56.